The lowest BCUT2D eigenvalue weighted by atomic mass is 10.2. The van der Waals surface area contributed by atoms with Crippen LogP contribution < -0.4 is 14.8 Å². The lowest BCUT2D eigenvalue weighted by molar-refractivity contribution is -0.0431. The van der Waals surface area contributed by atoms with Crippen molar-refractivity contribution < 1.29 is 19.0 Å². The molecule has 5 nitrogen and oxygen atoms in total. The van der Waals surface area contributed by atoms with E-state index < -0.39 is 11.9 Å². The highest BCUT2D eigenvalue weighted by molar-refractivity contribution is 9.10. The van der Waals surface area contributed by atoms with Gasteiger partial charge in [-0.05, 0) is 23.3 Å². The Hall–Kier alpha value is -2.21. The Bertz CT molecular complexity index is 746. The molecule has 0 bridgehead atoms. The van der Waals surface area contributed by atoms with Gasteiger partial charge in [0.25, 0.3) is 0 Å². The molecule has 0 unspecified atom stereocenters. The van der Waals surface area contributed by atoms with E-state index in [1.807, 2.05) is 56.3 Å². The average Bonchev–Trinajstić information content (AvgIpc) is 2.84. The van der Waals surface area contributed by atoms with Gasteiger partial charge in [0.1, 0.15) is 6.61 Å². The van der Waals surface area contributed by atoms with Crippen molar-refractivity contribution in [1.29, 1.82) is 0 Å². The van der Waals surface area contributed by atoms with Crippen molar-refractivity contribution in [1.82, 2.24) is 5.32 Å². The Balaban J connectivity index is 1.56. The van der Waals surface area contributed by atoms with E-state index in [-0.39, 0.29) is 6.61 Å². The van der Waals surface area contributed by atoms with Crippen LogP contribution in [0.25, 0.3) is 0 Å². The van der Waals surface area contributed by atoms with Gasteiger partial charge in [-0.2, -0.15) is 0 Å². The fourth-order valence-electron chi connectivity index (χ4n) is 2.36. The van der Waals surface area contributed by atoms with Crippen molar-refractivity contribution in [3.8, 4) is 11.5 Å². The van der Waals surface area contributed by atoms with Gasteiger partial charge >= 0.3 is 6.09 Å². The predicted molar refractivity (Wildman–Crippen MR) is 92.9 cm³/mol. The molecule has 1 N–H and O–H groups in total. The number of halogens is 1. The molecule has 1 amide bonds. The van der Waals surface area contributed by atoms with Gasteiger partial charge < -0.3 is 19.5 Å². The van der Waals surface area contributed by atoms with Crippen LogP contribution in [-0.2, 0) is 17.9 Å². The van der Waals surface area contributed by atoms with Gasteiger partial charge in [-0.25, -0.2) is 4.79 Å². The van der Waals surface area contributed by atoms with E-state index in [1.165, 1.54) is 0 Å². The van der Waals surface area contributed by atoms with Gasteiger partial charge in [-0.15, -0.1) is 0 Å². The molecule has 2 aromatic rings. The Kier molecular flexibility index (Phi) is 4.66. The maximum Gasteiger partial charge on any atom is 0.407 e. The molecule has 0 aliphatic carbocycles. The molecule has 1 aliphatic heterocycles. The quantitative estimate of drug-likeness (QED) is 0.839. The predicted octanol–water partition coefficient (Wildman–Crippen LogP) is 4.38. The van der Waals surface area contributed by atoms with E-state index in [2.05, 4.69) is 21.2 Å². The molecule has 0 aromatic heterocycles. The number of benzene rings is 2. The summed E-state index contributed by atoms with van der Waals surface area (Å²) in [6.45, 7) is 4.26. The maximum atomic E-state index is 11.8. The summed E-state index contributed by atoms with van der Waals surface area (Å²) in [5.74, 6) is 0.669. The molecule has 0 radical (unpaired) electrons. The first-order valence-electron chi connectivity index (χ1n) is 7.58. The molecule has 1 heterocycles. The summed E-state index contributed by atoms with van der Waals surface area (Å²) >= 11 is 3.49. The number of rotatable bonds is 4. The first kappa shape index (κ1) is 16.6. The van der Waals surface area contributed by atoms with Crippen molar-refractivity contribution >= 4 is 22.0 Å². The number of hydrogen-bond acceptors (Lipinski definition) is 4. The van der Waals surface area contributed by atoms with Crippen LogP contribution in [0.5, 0.6) is 11.5 Å². The lowest BCUT2D eigenvalue weighted by Gasteiger charge is -2.16. The molecule has 2 aromatic carbocycles. The molecule has 0 fully saturated rings. The first-order chi connectivity index (χ1) is 11.4. The summed E-state index contributed by atoms with van der Waals surface area (Å²) in [6.07, 6.45) is -0.469. The number of alkyl carbamates (subject to hydrolysis) is 1. The van der Waals surface area contributed by atoms with Crippen LogP contribution in [0.15, 0.2) is 46.9 Å². The third-order valence-corrected chi connectivity index (χ3v) is 4.20. The van der Waals surface area contributed by atoms with E-state index in [0.29, 0.717) is 18.0 Å². The highest BCUT2D eigenvalue weighted by atomic mass is 79.9. The molecule has 1 aliphatic rings. The molecule has 0 saturated heterocycles. The molecule has 126 valence electrons. The maximum absolute atomic E-state index is 11.8. The van der Waals surface area contributed by atoms with Crippen LogP contribution in [0, 0.1) is 0 Å². The zero-order valence-corrected chi connectivity index (χ0v) is 15.1. The average molecular weight is 392 g/mol. The molecule has 3 rings (SSSR count). The Labute approximate surface area is 149 Å². The van der Waals surface area contributed by atoms with E-state index in [4.69, 9.17) is 14.2 Å². The van der Waals surface area contributed by atoms with E-state index in [1.54, 1.807) is 0 Å². The van der Waals surface area contributed by atoms with Crippen LogP contribution in [0.4, 0.5) is 4.79 Å². The Morgan fingerprint density at radius 3 is 2.54 bits per heavy atom. The summed E-state index contributed by atoms with van der Waals surface area (Å²) in [7, 11) is 0. The zero-order chi connectivity index (χ0) is 17.2. The molecule has 6 heteroatoms. The van der Waals surface area contributed by atoms with Gasteiger partial charge in [0, 0.05) is 24.9 Å². The standard InChI is InChI=1S/C18H18BrNO4/c1-18(2)23-15-8-13(14(19)9-16(15)24-18)10-20-17(21)22-11-12-6-4-3-5-7-12/h3-9H,10-11H2,1-2H3,(H,20,21). The van der Waals surface area contributed by atoms with Crippen LogP contribution in [-0.4, -0.2) is 11.9 Å². The van der Waals surface area contributed by atoms with E-state index >= 15 is 0 Å². The fourth-order valence-corrected chi connectivity index (χ4v) is 2.83. The Morgan fingerprint density at radius 2 is 1.83 bits per heavy atom. The van der Waals surface area contributed by atoms with Crippen molar-refractivity contribution in [2.75, 3.05) is 0 Å². The molecular weight excluding hydrogens is 374 g/mol. The summed E-state index contributed by atoms with van der Waals surface area (Å²) in [6, 6.07) is 13.2. The number of fused-ring (bicyclic) bond motifs is 1. The minimum atomic E-state index is -0.678. The van der Waals surface area contributed by atoms with Gasteiger partial charge in [0.15, 0.2) is 11.5 Å². The van der Waals surface area contributed by atoms with E-state index in [0.717, 1.165) is 15.6 Å². The summed E-state index contributed by atoms with van der Waals surface area (Å²) in [5, 5.41) is 2.73. The number of amides is 1. The minimum absolute atomic E-state index is 0.239. The second-order valence-electron chi connectivity index (χ2n) is 5.91. The summed E-state index contributed by atoms with van der Waals surface area (Å²) < 4.78 is 17.4. The third kappa shape index (κ3) is 4.00. The van der Waals surface area contributed by atoms with Crippen molar-refractivity contribution in [3.63, 3.8) is 0 Å². The van der Waals surface area contributed by atoms with Crippen LogP contribution in [0.2, 0.25) is 0 Å². The van der Waals surface area contributed by atoms with Crippen LogP contribution >= 0.6 is 15.9 Å². The smallest absolute Gasteiger partial charge is 0.407 e. The summed E-state index contributed by atoms with van der Waals surface area (Å²) in [5.41, 5.74) is 1.82. The number of nitrogens with one attached hydrogen (secondary N) is 1. The van der Waals surface area contributed by atoms with Crippen LogP contribution in [0.3, 0.4) is 0 Å². The molecule has 0 atom stereocenters. The Morgan fingerprint density at radius 1 is 1.17 bits per heavy atom. The molecule has 24 heavy (non-hydrogen) atoms. The summed E-state index contributed by atoms with van der Waals surface area (Å²) in [4.78, 5) is 11.8. The van der Waals surface area contributed by atoms with Gasteiger partial charge in [-0.1, -0.05) is 46.3 Å². The molecular formula is C18H18BrNO4. The SMILES string of the molecule is CC1(C)Oc2cc(Br)c(CNC(=O)OCc3ccccc3)cc2O1. The first-order valence-corrected chi connectivity index (χ1v) is 8.37. The van der Waals surface area contributed by atoms with Gasteiger partial charge in [0.2, 0.25) is 5.79 Å². The fraction of sp³-hybridized carbons (Fsp3) is 0.278. The van der Waals surface area contributed by atoms with Gasteiger partial charge in [-0.3, -0.25) is 0 Å². The third-order valence-electron chi connectivity index (χ3n) is 3.46. The number of ether oxygens (including phenoxy) is 3. The normalized spacial score (nSPS) is 14.3. The zero-order valence-electron chi connectivity index (χ0n) is 13.5. The molecule has 0 saturated carbocycles. The van der Waals surface area contributed by atoms with Gasteiger partial charge in [0.05, 0.1) is 0 Å². The number of hydrogen-bond donors (Lipinski definition) is 1. The minimum Gasteiger partial charge on any atom is -0.449 e. The monoisotopic (exact) mass is 391 g/mol. The van der Waals surface area contributed by atoms with Crippen molar-refractivity contribution in [3.05, 3.63) is 58.1 Å². The lowest BCUT2D eigenvalue weighted by Crippen LogP contribution is -2.29. The highest BCUT2D eigenvalue weighted by Crippen LogP contribution is 2.42. The largest absolute Gasteiger partial charge is 0.449 e. The number of carbonyl (C=O) groups excluding carboxylic acids is 1. The topological polar surface area (TPSA) is 56.8 Å². The van der Waals surface area contributed by atoms with Crippen molar-refractivity contribution in [2.24, 2.45) is 0 Å². The second kappa shape index (κ2) is 6.73. The van der Waals surface area contributed by atoms with Crippen molar-refractivity contribution in [2.45, 2.75) is 32.8 Å². The number of carbonyl (C=O) groups is 1. The second-order valence-corrected chi connectivity index (χ2v) is 6.76. The molecule has 0 spiro atoms. The van der Waals surface area contributed by atoms with Crippen LogP contribution in [0.1, 0.15) is 25.0 Å². The van der Waals surface area contributed by atoms with E-state index in [9.17, 15) is 4.79 Å². The highest BCUT2D eigenvalue weighted by Gasteiger charge is 2.32.